The van der Waals surface area contributed by atoms with Crippen LogP contribution in [0.3, 0.4) is 0 Å². The number of benzene rings is 1. The van der Waals surface area contributed by atoms with E-state index in [9.17, 15) is 0 Å². The fourth-order valence-electron chi connectivity index (χ4n) is 3.26. The quantitative estimate of drug-likeness (QED) is 0.863. The summed E-state index contributed by atoms with van der Waals surface area (Å²) in [7, 11) is 0. The Hall–Kier alpha value is -1.02. The first kappa shape index (κ1) is 14.4. The van der Waals surface area contributed by atoms with E-state index < -0.39 is 0 Å². The third kappa shape index (κ3) is 3.50. The van der Waals surface area contributed by atoms with Crippen molar-refractivity contribution in [2.75, 3.05) is 18.0 Å². The van der Waals surface area contributed by atoms with Crippen molar-refractivity contribution in [1.29, 1.82) is 0 Å². The fourth-order valence-corrected chi connectivity index (χ4v) is 3.26. The van der Waals surface area contributed by atoms with Crippen molar-refractivity contribution < 1.29 is 0 Å². The molecule has 2 rings (SSSR count). The van der Waals surface area contributed by atoms with Crippen molar-refractivity contribution in [1.82, 2.24) is 0 Å². The molecule has 19 heavy (non-hydrogen) atoms. The van der Waals surface area contributed by atoms with Crippen molar-refractivity contribution >= 4 is 5.69 Å². The van der Waals surface area contributed by atoms with Gasteiger partial charge in [0.05, 0.1) is 0 Å². The highest BCUT2D eigenvalue weighted by Gasteiger charge is 2.21. The molecule has 0 radical (unpaired) electrons. The second-order valence-electron chi connectivity index (χ2n) is 5.69. The van der Waals surface area contributed by atoms with E-state index in [1.54, 1.807) is 0 Å². The SMILES string of the molecule is CCN(CC)c1ccc([C@@H](N)C2CCCCC2)cc1. The van der Waals surface area contributed by atoms with E-state index in [0.717, 1.165) is 13.1 Å². The van der Waals surface area contributed by atoms with Crippen LogP contribution >= 0.6 is 0 Å². The standard InChI is InChI=1S/C17H28N2/c1-3-19(4-2)16-12-10-15(11-13-16)17(18)14-8-6-5-7-9-14/h10-14,17H,3-9,18H2,1-2H3/t17-/m0/s1. The van der Waals surface area contributed by atoms with Gasteiger partial charge in [0.15, 0.2) is 0 Å². The molecular weight excluding hydrogens is 232 g/mol. The van der Waals surface area contributed by atoms with Crippen LogP contribution in [0.1, 0.15) is 57.6 Å². The van der Waals surface area contributed by atoms with Gasteiger partial charge in [-0.2, -0.15) is 0 Å². The first-order valence-corrected chi connectivity index (χ1v) is 7.86. The molecule has 2 nitrogen and oxygen atoms in total. The zero-order valence-corrected chi connectivity index (χ0v) is 12.4. The van der Waals surface area contributed by atoms with E-state index in [1.165, 1.54) is 43.4 Å². The summed E-state index contributed by atoms with van der Waals surface area (Å²) in [6.45, 7) is 6.52. The average Bonchev–Trinajstić information content (AvgIpc) is 2.49. The zero-order chi connectivity index (χ0) is 13.7. The summed E-state index contributed by atoms with van der Waals surface area (Å²) in [5.74, 6) is 0.688. The maximum absolute atomic E-state index is 6.45. The van der Waals surface area contributed by atoms with Crippen LogP contribution in [0.15, 0.2) is 24.3 Å². The molecule has 1 aromatic carbocycles. The molecule has 0 spiro atoms. The van der Waals surface area contributed by atoms with E-state index in [2.05, 4.69) is 43.0 Å². The Kier molecular flexibility index (Phi) is 5.26. The maximum Gasteiger partial charge on any atom is 0.0366 e. The summed E-state index contributed by atoms with van der Waals surface area (Å²) < 4.78 is 0. The van der Waals surface area contributed by atoms with Crippen molar-refractivity contribution in [3.05, 3.63) is 29.8 Å². The van der Waals surface area contributed by atoms with E-state index in [1.807, 2.05) is 0 Å². The topological polar surface area (TPSA) is 29.3 Å². The Labute approximate surface area is 118 Å². The van der Waals surface area contributed by atoms with Crippen LogP contribution in [0, 0.1) is 5.92 Å². The number of rotatable bonds is 5. The largest absolute Gasteiger partial charge is 0.372 e. The molecular formula is C17H28N2. The molecule has 0 amide bonds. The van der Waals surface area contributed by atoms with Gasteiger partial charge >= 0.3 is 0 Å². The summed E-state index contributed by atoms with van der Waals surface area (Å²) in [4.78, 5) is 2.37. The zero-order valence-electron chi connectivity index (χ0n) is 12.4. The third-order valence-corrected chi connectivity index (χ3v) is 4.56. The highest BCUT2D eigenvalue weighted by atomic mass is 15.1. The van der Waals surface area contributed by atoms with Crippen molar-refractivity contribution in [3.8, 4) is 0 Å². The van der Waals surface area contributed by atoms with Crippen LogP contribution in [0.5, 0.6) is 0 Å². The second-order valence-corrected chi connectivity index (χ2v) is 5.69. The highest BCUT2D eigenvalue weighted by molar-refractivity contribution is 5.47. The molecule has 1 aliphatic carbocycles. The van der Waals surface area contributed by atoms with Gasteiger partial charge in [-0.15, -0.1) is 0 Å². The van der Waals surface area contributed by atoms with Crippen LogP contribution in [-0.2, 0) is 0 Å². The Balaban J connectivity index is 2.04. The number of nitrogens with two attached hydrogens (primary N) is 1. The van der Waals surface area contributed by atoms with Gasteiger partial charge < -0.3 is 10.6 Å². The predicted octanol–water partition coefficient (Wildman–Crippen LogP) is 4.11. The number of hydrogen-bond acceptors (Lipinski definition) is 2. The Bertz CT molecular complexity index is 361. The maximum atomic E-state index is 6.45. The fraction of sp³-hybridized carbons (Fsp3) is 0.647. The lowest BCUT2D eigenvalue weighted by Gasteiger charge is -2.28. The lowest BCUT2D eigenvalue weighted by molar-refractivity contribution is 0.308. The molecule has 1 aliphatic rings. The summed E-state index contributed by atoms with van der Waals surface area (Å²) in [6.07, 6.45) is 6.72. The van der Waals surface area contributed by atoms with Gasteiger partial charge in [-0.05, 0) is 50.3 Å². The molecule has 0 aliphatic heterocycles. The van der Waals surface area contributed by atoms with Gasteiger partial charge in [0.2, 0.25) is 0 Å². The Morgan fingerprint density at radius 1 is 1.05 bits per heavy atom. The first-order valence-electron chi connectivity index (χ1n) is 7.86. The molecule has 0 heterocycles. The van der Waals surface area contributed by atoms with Crippen molar-refractivity contribution in [2.45, 2.75) is 52.0 Å². The van der Waals surface area contributed by atoms with Gasteiger partial charge in [-0.3, -0.25) is 0 Å². The van der Waals surface area contributed by atoms with Crippen LogP contribution in [0.4, 0.5) is 5.69 Å². The number of nitrogens with zero attached hydrogens (tertiary/aromatic N) is 1. The van der Waals surface area contributed by atoms with Gasteiger partial charge in [-0.25, -0.2) is 0 Å². The van der Waals surface area contributed by atoms with Crippen LogP contribution in [-0.4, -0.2) is 13.1 Å². The minimum Gasteiger partial charge on any atom is -0.372 e. The molecule has 0 saturated heterocycles. The molecule has 1 fully saturated rings. The normalized spacial score (nSPS) is 18.3. The lowest BCUT2D eigenvalue weighted by Crippen LogP contribution is -2.24. The van der Waals surface area contributed by atoms with Gasteiger partial charge in [-0.1, -0.05) is 31.4 Å². The first-order chi connectivity index (χ1) is 9.26. The molecule has 0 aromatic heterocycles. The molecule has 0 bridgehead atoms. The van der Waals surface area contributed by atoms with Crippen molar-refractivity contribution in [2.24, 2.45) is 11.7 Å². The Morgan fingerprint density at radius 3 is 2.16 bits per heavy atom. The molecule has 2 N–H and O–H groups in total. The number of hydrogen-bond donors (Lipinski definition) is 1. The highest BCUT2D eigenvalue weighted by Crippen LogP contribution is 2.33. The van der Waals surface area contributed by atoms with Gasteiger partial charge in [0.25, 0.3) is 0 Å². The minimum atomic E-state index is 0.228. The molecule has 1 saturated carbocycles. The van der Waals surface area contributed by atoms with Crippen LogP contribution < -0.4 is 10.6 Å². The monoisotopic (exact) mass is 260 g/mol. The third-order valence-electron chi connectivity index (χ3n) is 4.56. The van der Waals surface area contributed by atoms with Gasteiger partial charge in [0, 0.05) is 24.8 Å². The molecule has 0 unspecified atom stereocenters. The van der Waals surface area contributed by atoms with E-state index in [-0.39, 0.29) is 6.04 Å². The minimum absolute atomic E-state index is 0.228. The number of anilines is 1. The van der Waals surface area contributed by atoms with E-state index >= 15 is 0 Å². The second kappa shape index (κ2) is 6.95. The summed E-state index contributed by atoms with van der Waals surface area (Å²) in [5.41, 5.74) is 9.07. The molecule has 1 aromatic rings. The molecule has 1 atom stereocenters. The van der Waals surface area contributed by atoms with Crippen LogP contribution in [0.25, 0.3) is 0 Å². The smallest absolute Gasteiger partial charge is 0.0366 e. The van der Waals surface area contributed by atoms with E-state index in [4.69, 9.17) is 5.73 Å². The Morgan fingerprint density at radius 2 is 1.63 bits per heavy atom. The molecule has 106 valence electrons. The van der Waals surface area contributed by atoms with Crippen LogP contribution in [0.2, 0.25) is 0 Å². The summed E-state index contributed by atoms with van der Waals surface area (Å²) in [6, 6.07) is 9.14. The predicted molar refractivity (Wildman–Crippen MR) is 83.5 cm³/mol. The van der Waals surface area contributed by atoms with E-state index in [0.29, 0.717) is 5.92 Å². The van der Waals surface area contributed by atoms with Crippen molar-refractivity contribution in [3.63, 3.8) is 0 Å². The summed E-state index contributed by atoms with van der Waals surface area (Å²) in [5, 5.41) is 0. The lowest BCUT2D eigenvalue weighted by atomic mass is 9.81. The summed E-state index contributed by atoms with van der Waals surface area (Å²) >= 11 is 0. The van der Waals surface area contributed by atoms with Gasteiger partial charge in [0.1, 0.15) is 0 Å². The molecule has 2 heteroatoms. The average molecular weight is 260 g/mol.